The molecule has 0 radical (unpaired) electrons. The van der Waals surface area contributed by atoms with Gasteiger partial charge < -0.3 is 20.7 Å². The van der Waals surface area contributed by atoms with E-state index in [-0.39, 0.29) is 11.9 Å². The molecule has 0 aromatic heterocycles. The summed E-state index contributed by atoms with van der Waals surface area (Å²) in [6, 6.07) is 0.0119. The highest BCUT2D eigenvalue weighted by molar-refractivity contribution is 5.76. The number of methoxy groups -OCH3 is 1. The summed E-state index contributed by atoms with van der Waals surface area (Å²) in [5.74, 6) is 0.651. The minimum Gasteiger partial charge on any atom is -0.453 e. The predicted octanol–water partition coefficient (Wildman–Crippen LogP) is 0.708. The van der Waals surface area contributed by atoms with E-state index in [1.54, 1.807) is 0 Å². The molecule has 1 fully saturated rings. The quantitative estimate of drug-likeness (QED) is 0.745. The third-order valence-electron chi connectivity index (χ3n) is 3.56. The molecular formula is C13H25N3O3. The molecule has 1 aliphatic heterocycles. The second-order valence-electron chi connectivity index (χ2n) is 5.18. The summed E-state index contributed by atoms with van der Waals surface area (Å²) in [4.78, 5) is 24.9. The van der Waals surface area contributed by atoms with Crippen LogP contribution in [0.4, 0.5) is 4.79 Å². The van der Waals surface area contributed by atoms with E-state index in [9.17, 15) is 9.59 Å². The monoisotopic (exact) mass is 271 g/mol. The summed E-state index contributed by atoms with van der Waals surface area (Å²) in [5, 5.41) is 2.73. The number of ether oxygens (including phenoxy) is 1. The van der Waals surface area contributed by atoms with Crippen LogP contribution in [0.2, 0.25) is 0 Å². The maximum atomic E-state index is 12.0. The van der Waals surface area contributed by atoms with Crippen LogP contribution in [0.25, 0.3) is 0 Å². The van der Waals surface area contributed by atoms with Crippen molar-refractivity contribution in [3.8, 4) is 0 Å². The highest BCUT2D eigenvalue weighted by Gasteiger charge is 2.27. The summed E-state index contributed by atoms with van der Waals surface area (Å²) < 4.78 is 4.55. The molecular weight excluding hydrogens is 246 g/mol. The summed E-state index contributed by atoms with van der Waals surface area (Å²) in [7, 11) is 1.34. The largest absolute Gasteiger partial charge is 0.453 e. The Morgan fingerprint density at radius 1 is 1.47 bits per heavy atom. The van der Waals surface area contributed by atoms with Crippen molar-refractivity contribution in [2.75, 3.05) is 26.7 Å². The molecule has 0 saturated carbocycles. The fraction of sp³-hybridized carbons (Fsp3) is 0.846. The van der Waals surface area contributed by atoms with Crippen LogP contribution in [0.5, 0.6) is 0 Å². The van der Waals surface area contributed by atoms with Gasteiger partial charge in [-0.05, 0) is 31.7 Å². The average molecular weight is 271 g/mol. The molecule has 2 unspecified atom stereocenters. The first-order chi connectivity index (χ1) is 9.06. The maximum absolute atomic E-state index is 12.0. The SMILES string of the molecule is COC(=O)NC1CCN(C(=O)CCC(C)CCN)C1. The lowest BCUT2D eigenvalue weighted by molar-refractivity contribution is -0.130. The van der Waals surface area contributed by atoms with Crippen LogP contribution >= 0.6 is 0 Å². The Bertz CT molecular complexity index is 310. The molecule has 6 nitrogen and oxygen atoms in total. The van der Waals surface area contributed by atoms with Gasteiger partial charge in [0.25, 0.3) is 0 Å². The minimum atomic E-state index is -0.434. The zero-order valence-electron chi connectivity index (χ0n) is 11.9. The molecule has 0 spiro atoms. The van der Waals surface area contributed by atoms with Gasteiger partial charge in [-0.1, -0.05) is 6.92 Å². The van der Waals surface area contributed by atoms with Gasteiger partial charge in [0.05, 0.1) is 13.2 Å². The number of alkyl carbamates (subject to hydrolysis) is 1. The molecule has 0 aromatic carbocycles. The van der Waals surface area contributed by atoms with Crippen molar-refractivity contribution >= 4 is 12.0 Å². The number of carbonyl (C=O) groups is 2. The molecule has 110 valence electrons. The second-order valence-corrected chi connectivity index (χ2v) is 5.18. The number of rotatable bonds is 6. The normalized spacial score (nSPS) is 20.2. The molecule has 3 N–H and O–H groups in total. The van der Waals surface area contributed by atoms with Gasteiger partial charge in [-0.2, -0.15) is 0 Å². The summed E-state index contributed by atoms with van der Waals surface area (Å²) >= 11 is 0. The van der Waals surface area contributed by atoms with E-state index in [0.29, 0.717) is 32.0 Å². The zero-order valence-corrected chi connectivity index (χ0v) is 11.9. The van der Waals surface area contributed by atoms with Gasteiger partial charge in [-0.25, -0.2) is 4.79 Å². The van der Waals surface area contributed by atoms with Crippen LogP contribution < -0.4 is 11.1 Å². The van der Waals surface area contributed by atoms with E-state index in [1.807, 2.05) is 4.90 Å². The molecule has 19 heavy (non-hydrogen) atoms. The summed E-state index contributed by atoms with van der Waals surface area (Å²) in [6.07, 6.45) is 2.75. The smallest absolute Gasteiger partial charge is 0.407 e. The van der Waals surface area contributed by atoms with E-state index < -0.39 is 6.09 Å². The van der Waals surface area contributed by atoms with Gasteiger partial charge in [0.2, 0.25) is 5.91 Å². The van der Waals surface area contributed by atoms with E-state index in [4.69, 9.17) is 5.73 Å². The van der Waals surface area contributed by atoms with Crippen LogP contribution in [-0.2, 0) is 9.53 Å². The lowest BCUT2D eigenvalue weighted by atomic mass is 10.0. The topological polar surface area (TPSA) is 84.7 Å². The fourth-order valence-electron chi connectivity index (χ4n) is 2.29. The standard InChI is InChI=1S/C13H25N3O3/c1-10(5-7-14)3-4-12(17)16-8-6-11(9-16)15-13(18)19-2/h10-11H,3-9,14H2,1-2H3,(H,15,18). The van der Waals surface area contributed by atoms with Crippen molar-refractivity contribution in [3.05, 3.63) is 0 Å². The molecule has 0 aliphatic carbocycles. The molecule has 2 atom stereocenters. The minimum absolute atomic E-state index is 0.0119. The Hall–Kier alpha value is -1.30. The molecule has 1 heterocycles. The van der Waals surface area contributed by atoms with E-state index in [1.165, 1.54) is 7.11 Å². The highest BCUT2D eigenvalue weighted by atomic mass is 16.5. The Kier molecular flexibility index (Phi) is 6.62. The number of amides is 2. The van der Waals surface area contributed by atoms with Crippen molar-refractivity contribution in [1.82, 2.24) is 10.2 Å². The van der Waals surface area contributed by atoms with Gasteiger partial charge in [0, 0.05) is 19.5 Å². The van der Waals surface area contributed by atoms with Crippen LogP contribution in [-0.4, -0.2) is 49.7 Å². The van der Waals surface area contributed by atoms with E-state index in [2.05, 4.69) is 17.0 Å². The van der Waals surface area contributed by atoms with E-state index in [0.717, 1.165) is 19.3 Å². The molecule has 1 aliphatic rings. The van der Waals surface area contributed by atoms with E-state index >= 15 is 0 Å². The van der Waals surface area contributed by atoms with Crippen molar-refractivity contribution < 1.29 is 14.3 Å². The van der Waals surface area contributed by atoms with Gasteiger partial charge in [-0.15, -0.1) is 0 Å². The van der Waals surface area contributed by atoms with Crippen molar-refractivity contribution in [2.45, 2.75) is 38.6 Å². The summed E-state index contributed by atoms with van der Waals surface area (Å²) in [5.41, 5.74) is 5.49. The van der Waals surface area contributed by atoms with Crippen LogP contribution in [0.3, 0.4) is 0 Å². The highest BCUT2D eigenvalue weighted by Crippen LogP contribution is 2.15. The predicted molar refractivity (Wildman–Crippen MR) is 72.6 cm³/mol. The number of nitrogens with one attached hydrogen (secondary N) is 1. The third kappa shape index (κ3) is 5.46. The number of nitrogens with two attached hydrogens (primary N) is 1. The van der Waals surface area contributed by atoms with Gasteiger partial charge in [0.1, 0.15) is 0 Å². The van der Waals surface area contributed by atoms with Crippen molar-refractivity contribution in [3.63, 3.8) is 0 Å². The molecule has 0 aromatic rings. The average Bonchev–Trinajstić information content (AvgIpc) is 2.84. The first-order valence-electron chi connectivity index (χ1n) is 6.89. The Morgan fingerprint density at radius 3 is 2.84 bits per heavy atom. The van der Waals surface area contributed by atoms with Gasteiger partial charge in [-0.3, -0.25) is 4.79 Å². The van der Waals surface area contributed by atoms with Crippen LogP contribution in [0, 0.1) is 5.92 Å². The Labute approximate surface area is 114 Å². The third-order valence-corrected chi connectivity index (χ3v) is 3.56. The Morgan fingerprint density at radius 2 is 2.21 bits per heavy atom. The molecule has 1 saturated heterocycles. The number of nitrogens with zero attached hydrogens (tertiary/aromatic N) is 1. The van der Waals surface area contributed by atoms with Crippen LogP contribution in [0.15, 0.2) is 0 Å². The zero-order chi connectivity index (χ0) is 14.3. The Balaban J connectivity index is 2.26. The number of hydrogen-bond donors (Lipinski definition) is 2. The first-order valence-corrected chi connectivity index (χ1v) is 6.89. The second kappa shape index (κ2) is 7.99. The van der Waals surface area contributed by atoms with Crippen LogP contribution in [0.1, 0.15) is 32.6 Å². The fourth-order valence-corrected chi connectivity index (χ4v) is 2.29. The van der Waals surface area contributed by atoms with Gasteiger partial charge in [0.15, 0.2) is 0 Å². The lowest BCUT2D eigenvalue weighted by Crippen LogP contribution is -2.38. The maximum Gasteiger partial charge on any atom is 0.407 e. The molecule has 6 heteroatoms. The number of likely N-dealkylation sites (tertiary alicyclic amines) is 1. The number of carbonyl (C=O) groups excluding carboxylic acids is 2. The molecule has 2 amide bonds. The van der Waals surface area contributed by atoms with Crippen molar-refractivity contribution in [1.29, 1.82) is 0 Å². The number of hydrogen-bond acceptors (Lipinski definition) is 4. The van der Waals surface area contributed by atoms with Gasteiger partial charge >= 0.3 is 6.09 Å². The van der Waals surface area contributed by atoms with Crippen molar-refractivity contribution in [2.24, 2.45) is 11.7 Å². The molecule has 0 bridgehead atoms. The lowest BCUT2D eigenvalue weighted by Gasteiger charge is -2.18. The molecule has 1 rings (SSSR count). The summed E-state index contributed by atoms with van der Waals surface area (Å²) in [6.45, 7) is 4.08. The first kappa shape index (κ1) is 15.8.